The number of amidine groups is 1. The monoisotopic (exact) mass is 242 g/mol. The molecule has 1 aromatic carbocycles. The number of hydrogen-bond acceptors (Lipinski definition) is 4. The van der Waals surface area contributed by atoms with Crippen molar-refractivity contribution in [3.8, 4) is 0 Å². The van der Waals surface area contributed by atoms with Crippen molar-refractivity contribution in [2.24, 2.45) is 10.7 Å². The molecule has 0 saturated carbocycles. The molecule has 6 heteroatoms. The number of aromatic nitrogens is 1. The minimum Gasteiger partial charge on any atom is -0.383 e. The van der Waals surface area contributed by atoms with Gasteiger partial charge in [-0.25, -0.2) is 9.98 Å². The third-order valence-electron chi connectivity index (χ3n) is 2.26. The summed E-state index contributed by atoms with van der Waals surface area (Å²) in [6, 6.07) is 11.2. The smallest absolute Gasteiger partial charge is 0.269 e. The Morgan fingerprint density at radius 2 is 1.94 bits per heavy atom. The molecule has 2 aromatic rings. The predicted molar refractivity (Wildman–Crippen MR) is 67.7 cm³/mol. The SMILES string of the molecule is N/C(=N\c1ccccn1)c1ccc([N+](=O)[O-])cc1. The molecule has 0 amide bonds. The summed E-state index contributed by atoms with van der Waals surface area (Å²) in [6.45, 7) is 0. The molecule has 2 rings (SSSR count). The van der Waals surface area contributed by atoms with Crippen molar-refractivity contribution in [3.05, 3.63) is 64.3 Å². The summed E-state index contributed by atoms with van der Waals surface area (Å²) >= 11 is 0. The van der Waals surface area contributed by atoms with Crippen molar-refractivity contribution < 1.29 is 4.92 Å². The molecule has 1 heterocycles. The Kier molecular flexibility index (Phi) is 3.29. The van der Waals surface area contributed by atoms with E-state index in [0.29, 0.717) is 11.4 Å². The van der Waals surface area contributed by atoms with Gasteiger partial charge in [0.25, 0.3) is 5.69 Å². The van der Waals surface area contributed by atoms with Gasteiger partial charge in [-0.15, -0.1) is 0 Å². The highest BCUT2D eigenvalue weighted by molar-refractivity contribution is 5.98. The molecule has 0 saturated heterocycles. The fraction of sp³-hybridized carbons (Fsp3) is 0. The first-order valence-corrected chi connectivity index (χ1v) is 5.17. The van der Waals surface area contributed by atoms with Gasteiger partial charge in [0.1, 0.15) is 5.84 Å². The molecule has 1 aromatic heterocycles. The van der Waals surface area contributed by atoms with E-state index in [4.69, 9.17) is 5.73 Å². The van der Waals surface area contributed by atoms with Gasteiger partial charge in [-0.2, -0.15) is 0 Å². The zero-order valence-electron chi connectivity index (χ0n) is 9.35. The van der Waals surface area contributed by atoms with E-state index in [2.05, 4.69) is 9.98 Å². The van der Waals surface area contributed by atoms with Crippen LogP contribution in [0.2, 0.25) is 0 Å². The van der Waals surface area contributed by atoms with Crippen molar-refractivity contribution in [3.63, 3.8) is 0 Å². The number of non-ortho nitro benzene ring substituents is 1. The van der Waals surface area contributed by atoms with E-state index in [0.717, 1.165) is 0 Å². The van der Waals surface area contributed by atoms with Crippen LogP contribution in [0.5, 0.6) is 0 Å². The lowest BCUT2D eigenvalue weighted by Gasteiger charge is -2.00. The Balaban J connectivity index is 2.26. The molecule has 0 aliphatic carbocycles. The molecular weight excluding hydrogens is 232 g/mol. The van der Waals surface area contributed by atoms with Gasteiger partial charge in [0.05, 0.1) is 4.92 Å². The number of aliphatic imine (C=N–C) groups is 1. The standard InChI is InChI=1S/C12H10N4O2/c13-12(15-11-3-1-2-8-14-11)9-4-6-10(7-5-9)16(17)18/h1-8H,(H2,13,14,15). The van der Waals surface area contributed by atoms with Crippen LogP contribution in [0.1, 0.15) is 5.56 Å². The number of rotatable bonds is 3. The van der Waals surface area contributed by atoms with E-state index < -0.39 is 4.92 Å². The van der Waals surface area contributed by atoms with Gasteiger partial charge in [-0.1, -0.05) is 6.07 Å². The predicted octanol–water partition coefficient (Wildman–Crippen LogP) is 2.03. The summed E-state index contributed by atoms with van der Waals surface area (Å²) in [5.41, 5.74) is 6.43. The van der Waals surface area contributed by atoms with Crippen LogP contribution in [-0.4, -0.2) is 15.7 Å². The lowest BCUT2D eigenvalue weighted by molar-refractivity contribution is -0.384. The van der Waals surface area contributed by atoms with Crippen molar-refractivity contribution in [1.29, 1.82) is 0 Å². The van der Waals surface area contributed by atoms with Crippen LogP contribution in [0.15, 0.2) is 53.7 Å². The first-order chi connectivity index (χ1) is 8.66. The first kappa shape index (κ1) is 11.7. The van der Waals surface area contributed by atoms with Gasteiger partial charge in [0.15, 0.2) is 5.82 Å². The van der Waals surface area contributed by atoms with E-state index >= 15 is 0 Å². The maximum Gasteiger partial charge on any atom is 0.269 e. The van der Waals surface area contributed by atoms with Crippen LogP contribution in [0, 0.1) is 10.1 Å². The Bertz CT molecular complexity index is 579. The number of hydrogen-bond donors (Lipinski definition) is 1. The molecular formula is C12H10N4O2. The lowest BCUT2D eigenvalue weighted by Crippen LogP contribution is -2.12. The molecule has 90 valence electrons. The van der Waals surface area contributed by atoms with E-state index in [1.54, 1.807) is 36.5 Å². The highest BCUT2D eigenvalue weighted by atomic mass is 16.6. The van der Waals surface area contributed by atoms with Crippen molar-refractivity contribution >= 4 is 17.3 Å². The number of benzene rings is 1. The molecule has 6 nitrogen and oxygen atoms in total. The zero-order chi connectivity index (χ0) is 13.0. The Labute approximate surface area is 103 Å². The van der Waals surface area contributed by atoms with Crippen LogP contribution in [0.3, 0.4) is 0 Å². The summed E-state index contributed by atoms with van der Waals surface area (Å²) in [4.78, 5) is 18.2. The van der Waals surface area contributed by atoms with Crippen LogP contribution in [0.4, 0.5) is 11.5 Å². The quantitative estimate of drug-likeness (QED) is 0.385. The molecule has 0 aliphatic heterocycles. The van der Waals surface area contributed by atoms with E-state index in [-0.39, 0.29) is 11.5 Å². The molecule has 0 radical (unpaired) electrons. The first-order valence-electron chi connectivity index (χ1n) is 5.17. The Hall–Kier alpha value is -2.76. The lowest BCUT2D eigenvalue weighted by atomic mass is 10.2. The molecule has 0 fully saturated rings. The average Bonchev–Trinajstić information content (AvgIpc) is 2.40. The Morgan fingerprint density at radius 3 is 2.50 bits per heavy atom. The largest absolute Gasteiger partial charge is 0.383 e. The molecule has 0 unspecified atom stereocenters. The van der Waals surface area contributed by atoms with E-state index in [1.807, 2.05) is 0 Å². The molecule has 0 spiro atoms. The summed E-state index contributed by atoms with van der Waals surface area (Å²) in [5, 5.41) is 10.5. The van der Waals surface area contributed by atoms with Crippen LogP contribution < -0.4 is 5.73 Å². The van der Waals surface area contributed by atoms with Gasteiger partial charge in [-0.05, 0) is 24.3 Å². The minimum atomic E-state index is -0.462. The second-order valence-electron chi connectivity index (χ2n) is 3.49. The summed E-state index contributed by atoms with van der Waals surface area (Å²) in [6.07, 6.45) is 1.61. The van der Waals surface area contributed by atoms with Crippen molar-refractivity contribution in [2.45, 2.75) is 0 Å². The maximum atomic E-state index is 10.5. The molecule has 0 aliphatic rings. The summed E-state index contributed by atoms with van der Waals surface area (Å²) in [5.74, 6) is 0.761. The van der Waals surface area contributed by atoms with Crippen LogP contribution in [0.25, 0.3) is 0 Å². The van der Waals surface area contributed by atoms with Crippen LogP contribution >= 0.6 is 0 Å². The van der Waals surface area contributed by atoms with Crippen LogP contribution in [-0.2, 0) is 0 Å². The van der Waals surface area contributed by atoms with Gasteiger partial charge in [-0.3, -0.25) is 10.1 Å². The average molecular weight is 242 g/mol. The Morgan fingerprint density at radius 1 is 1.22 bits per heavy atom. The number of nitrogens with zero attached hydrogens (tertiary/aromatic N) is 3. The van der Waals surface area contributed by atoms with Gasteiger partial charge < -0.3 is 5.73 Å². The zero-order valence-corrected chi connectivity index (χ0v) is 9.35. The molecule has 0 atom stereocenters. The fourth-order valence-electron chi connectivity index (χ4n) is 1.36. The minimum absolute atomic E-state index is 0.0180. The highest BCUT2D eigenvalue weighted by Crippen LogP contribution is 2.13. The number of nitro groups is 1. The normalized spacial score (nSPS) is 11.2. The van der Waals surface area contributed by atoms with Crippen molar-refractivity contribution in [1.82, 2.24) is 4.98 Å². The molecule has 2 N–H and O–H groups in total. The highest BCUT2D eigenvalue weighted by Gasteiger charge is 2.05. The maximum absolute atomic E-state index is 10.5. The van der Waals surface area contributed by atoms with Gasteiger partial charge in [0.2, 0.25) is 0 Å². The van der Waals surface area contributed by atoms with Gasteiger partial charge in [0, 0.05) is 23.9 Å². The second kappa shape index (κ2) is 5.05. The third kappa shape index (κ3) is 2.67. The summed E-state index contributed by atoms with van der Waals surface area (Å²) in [7, 11) is 0. The molecule has 18 heavy (non-hydrogen) atoms. The van der Waals surface area contributed by atoms with Gasteiger partial charge >= 0.3 is 0 Å². The molecule has 0 bridgehead atoms. The third-order valence-corrected chi connectivity index (χ3v) is 2.26. The van der Waals surface area contributed by atoms with E-state index in [9.17, 15) is 10.1 Å². The fourth-order valence-corrected chi connectivity index (χ4v) is 1.36. The second-order valence-corrected chi connectivity index (χ2v) is 3.49. The number of pyridine rings is 1. The van der Waals surface area contributed by atoms with Crippen molar-refractivity contribution in [2.75, 3.05) is 0 Å². The van der Waals surface area contributed by atoms with E-state index in [1.165, 1.54) is 12.1 Å². The number of nitro benzene ring substituents is 1. The summed E-state index contributed by atoms with van der Waals surface area (Å²) < 4.78 is 0. The number of nitrogens with two attached hydrogens (primary N) is 1. The topological polar surface area (TPSA) is 94.4 Å².